The quantitative estimate of drug-likeness (QED) is 0.142. The third kappa shape index (κ3) is 8.44. The van der Waals surface area contributed by atoms with Crippen molar-refractivity contribution in [2.45, 2.75) is 24.2 Å². The average Bonchev–Trinajstić information content (AvgIpc) is 3.20. The molecule has 0 radical (unpaired) electrons. The molecule has 11 aromatic carbocycles. The fourth-order valence-electron chi connectivity index (χ4n) is 12.9. The van der Waals surface area contributed by atoms with E-state index in [0.717, 1.165) is 68.3 Å². The summed E-state index contributed by atoms with van der Waals surface area (Å²) in [5, 5.41) is 1.85. The van der Waals surface area contributed by atoms with Crippen LogP contribution in [0.15, 0.2) is 261 Å². The summed E-state index contributed by atoms with van der Waals surface area (Å²) in [4.78, 5) is 10.4. The number of halogens is 6. The lowest BCUT2D eigenvalue weighted by atomic mass is 9.87. The number of hydrogen-bond acceptors (Lipinski definition) is 2. The Labute approximate surface area is 474 Å². The van der Waals surface area contributed by atoms with Crippen molar-refractivity contribution in [2.75, 3.05) is 0 Å². The van der Waals surface area contributed by atoms with Crippen molar-refractivity contribution in [3.8, 4) is 84.1 Å². The van der Waals surface area contributed by atoms with Crippen LogP contribution in [0.4, 0.5) is 26.3 Å². The highest BCUT2D eigenvalue weighted by atomic mass is 19.4. The summed E-state index contributed by atoms with van der Waals surface area (Å²) in [6.45, 7) is 0. The third-order valence-corrected chi connectivity index (χ3v) is 16.7. The lowest BCUT2D eigenvalue weighted by Gasteiger charge is -2.22. The van der Waals surface area contributed by atoms with Crippen LogP contribution in [-0.4, -0.2) is 14.5 Å². The molecule has 3 nitrogen and oxygen atoms in total. The van der Waals surface area contributed by atoms with Crippen LogP contribution in [0.3, 0.4) is 0 Å². The molecule has 9 heteroatoms. The van der Waals surface area contributed by atoms with Crippen molar-refractivity contribution in [3.05, 3.63) is 305 Å². The predicted molar refractivity (Wildman–Crippen MR) is 319 cm³/mol. The van der Waals surface area contributed by atoms with Crippen LogP contribution in [0.1, 0.15) is 56.3 Å². The van der Waals surface area contributed by atoms with Crippen molar-refractivity contribution in [1.29, 1.82) is 0 Å². The van der Waals surface area contributed by atoms with E-state index in [4.69, 9.17) is 9.97 Å². The van der Waals surface area contributed by atoms with E-state index < -0.39 is 23.5 Å². The fraction of sp³-hybridized carbons (Fsp3) is 0.0541. The van der Waals surface area contributed by atoms with Gasteiger partial charge in [-0.25, -0.2) is 9.97 Å². The Hall–Kier alpha value is -10.1. The molecule has 2 aliphatic rings. The average molecular weight is 1090 g/mol. The Bertz CT molecular complexity index is 4320. The number of aromatic nitrogens is 3. The zero-order valence-electron chi connectivity index (χ0n) is 44.1. The lowest BCUT2D eigenvalue weighted by Crippen LogP contribution is -2.06. The molecular formula is C74H45F6N3. The topological polar surface area (TPSA) is 30.7 Å². The predicted octanol–water partition coefficient (Wildman–Crippen LogP) is 20.3. The van der Waals surface area contributed by atoms with E-state index in [-0.39, 0.29) is 11.8 Å². The normalized spacial score (nSPS) is 13.1. The fourth-order valence-corrected chi connectivity index (χ4v) is 12.9. The monoisotopic (exact) mass is 1090 g/mol. The van der Waals surface area contributed by atoms with Gasteiger partial charge in [-0.1, -0.05) is 194 Å². The Morgan fingerprint density at radius 3 is 1.01 bits per heavy atom. The Morgan fingerprint density at radius 2 is 0.651 bits per heavy atom. The molecule has 0 saturated carbocycles. The van der Waals surface area contributed by atoms with E-state index >= 15 is 0 Å². The van der Waals surface area contributed by atoms with Crippen LogP contribution in [0.2, 0.25) is 0 Å². The van der Waals surface area contributed by atoms with E-state index in [1.807, 2.05) is 78.9 Å². The Morgan fingerprint density at radius 1 is 0.301 bits per heavy atom. The van der Waals surface area contributed by atoms with Crippen LogP contribution in [0.5, 0.6) is 0 Å². The maximum absolute atomic E-state index is 14.5. The second-order valence-corrected chi connectivity index (χ2v) is 21.4. The van der Waals surface area contributed by atoms with E-state index in [1.165, 1.54) is 68.8 Å². The first-order valence-corrected chi connectivity index (χ1v) is 27.4. The molecule has 2 aliphatic carbocycles. The first-order chi connectivity index (χ1) is 40.4. The highest BCUT2D eigenvalue weighted by Crippen LogP contribution is 2.52. The van der Waals surface area contributed by atoms with Gasteiger partial charge < -0.3 is 4.57 Å². The number of rotatable bonds is 8. The van der Waals surface area contributed by atoms with Gasteiger partial charge in [-0.3, -0.25) is 0 Å². The van der Waals surface area contributed by atoms with Crippen LogP contribution < -0.4 is 0 Å². The molecule has 0 unspecified atom stereocenters. The smallest absolute Gasteiger partial charge is 0.308 e. The summed E-state index contributed by atoms with van der Waals surface area (Å²) >= 11 is 0. The van der Waals surface area contributed by atoms with Crippen LogP contribution in [-0.2, 0) is 12.4 Å². The van der Waals surface area contributed by atoms with E-state index in [2.05, 4.69) is 138 Å². The molecule has 0 saturated heterocycles. The van der Waals surface area contributed by atoms with Crippen molar-refractivity contribution in [2.24, 2.45) is 0 Å². The molecule has 15 rings (SSSR count). The number of hydrogen-bond donors (Lipinski definition) is 0. The molecule has 0 aliphatic heterocycles. The third-order valence-electron chi connectivity index (χ3n) is 16.7. The summed E-state index contributed by atoms with van der Waals surface area (Å²) < 4.78 is 89.3. The number of benzene rings is 11. The first kappa shape index (κ1) is 49.9. The van der Waals surface area contributed by atoms with Gasteiger partial charge in [-0.15, -0.1) is 0 Å². The van der Waals surface area contributed by atoms with Crippen LogP contribution >= 0.6 is 0 Å². The minimum atomic E-state index is -4.63. The van der Waals surface area contributed by atoms with Gasteiger partial charge in [0.2, 0.25) is 0 Å². The molecule has 0 N–H and O–H groups in total. The molecular weight excluding hydrogens is 1040 g/mol. The highest BCUT2D eigenvalue weighted by Gasteiger charge is 2.35. The van der Waals surface area contributed by atoms with Gasteiger partial charge in [0.1, 0.15) is 0 Å². The summed E-state index contributed by atoms with van der Waals surface area (Å²) in [6.07, 6.45) is -9.26. The van der Waals surface area contributed by atoms with Gasteiger partial charge >= 0.3 is 12.4 Å². The van der Waals surface area contributed by atoms with Crippen molar-refractivity contribution >= 4 is 21.8 Å². The minimum absolute atomic E-state index is 0.0981. The van der Waals surface area contributed by atoms with Crippen LogP contribution in [0.25, 0.3) is 106 Å². The van der Waals surface area contributed by atoms with Gasteiger partial charge in [0.05, 0.1) is 39.2 Å². The summed E-state index contributed by atoms with van der Waals surface area (Å²) in [7, 11) is 0. The Kier molecular flexibility index (Phi) is 11.6. The molecule has 0 atom stereocenters. The van der Waals surface area contributed by atoms with E-state index in [0.29, 0.717) is 50.7 Å². The minimum Gasteiger partial charge on any atom is -0.308 e. The van der Waals surface area contributed by atoms with Gasteiger partial charge in [0, 0.05) is 50.4 Å². The van der Waals surface area contributed by atoms with Crippen molar-refractivity contribution in [3.63, 3.8) is 0 Å². The van der Waals surface area contributed by atoms with E-state index in [9.17, 15) is 26.3 Å². The van der Waals surface area contributed by atoms with Gasteiger partial charge in [-0.05, 0) is 133 Å². The number of nitrogens with zero attached hydrogens (tertiary/aromatic N) is 3. The SMILES string of the molecule is FC(F)(F)c1ccc(-c2cc(-c3nc(-c4ccccc4)cc(-c4ccccc4)n3)cc(-c3ccc(C(F)(F)F)cc3)c2-n2c3ccc(C4c5ccccc5-c5ccccc54)cc3c3cc(C4c5ccccc5-c5ccccc54)ccc32)cc1. The molecule has 0 amide bonds. The van der Waals surface area contributed by atoms with Gasteiger partial charge in [0.15, 0.2) is 5.82 Å². The Balaban J connectivity index is 1.05. The maximum Gasteiger partial charge on any atom is 0.416 e. The maximum atomic E-state index is 14.5. The number of alkyl halides is 6. The second-order valence-electron chi connectivity index (χ2n) is 21.4. The van der Waals surface area contributed by atoms with E-state index in [1.54, 1.807) is 0 Å². The summed E-state index contributed by atoms with van der Waals surface area (Å²) in [5.74, 6) is 0.113. The molecule has 0 bridgehead atoms. The van der Waals surface area contributed by atoms with Gasteiger partial charge in [-0.2, -0.15) is 26.3 Å². The van der Waals surface area contributed by atoms with Crippen molar-refractivity contribution < 1.29 is 26.3 Å². The molecule has 2 aromatic heterocycles. The molecule has 0 spiro atoms. The highest BCUT2D eigenvalue weighted by molar-refractivity contribution is 6.12. The second kappa shape index (κ2) is 19.3. The summed E-state index contributed by atoms with van der Waals surface area (Å²) in [5.41, 5.74) is 17.4. The zero-order valence-corrected chi connectivity index (χ0v) is 44.1. The molecule has 0 fully saturated rings. The molecule has 398 valence electrons. The van der Waals surface area contributed by atoms with Crippen molar-refractivity contribution in [1.82, 2.24) is 14.5 Å². The molecule has 2 heterocycles. The molecule has 83 heavy (non-hydrogen) atoms. The summed E-state index contributed by atoms with van der Waals surface area (Å²) in [6, 6.07) is 82.4. The lowest BCUT2D eigenvalue weighted by molar-refractivity contribution is -0.138. The zero-order chi connectivity index (χ0) is 56.1. The number of fused-ring (bicyclic) bond motifs is 9. The standard InChI is InChI=1S/C74H45F6N3/c75-73(76,77)51-33-27-44(28-34-51)61-41-50(72-81-65(46-15-3-1-4-16-46)43-66(82-72)47-17-5-2-6-18-47)42-62(45-29-35-52(36-30-45)74(78,79)80)71(61)83-67-37-31-48(69-57-23-11-7-19-53(57)54-20-8-12-24-58(54)69)39-63(67)64-40-49(32-38-68(64)83)70-59-25-13-9-21-55(59)56-22-10-14-26-60(56)70/h1-43,69-70H. The largest absolute Gasteiger partial charge is 0.416 e. The molecule has 13 aromatic rings. The van der Waals surface area contributed by atoms with Crippen LogP contribution in [0, 0.1) is 0 Å². The first-order valence-electron chi connectivity index (χ1n) is 27.4. The van der Waals surface area contributed by atoms with Gasteiger partial charge in [0.25, 0.3) is 0 Å².